The summed E-state index contributed by atoms with van der Waals surface area (Å²) in [7, 11) is 0. The maximum atomic E-state index is 13.8. The Morgan fingerprint density at radius 1 is 1.14 bits per heavy atom. The lowest BCUT2D eigenvalue weighted by Gasteiger charge is -2.34. The quantitative estimate of drug-likeness (QED) is 0.432. The first-order valence-electron chi connectivity index (χ1n) is 12.2. The summed E-state index contributed by atoms with van der Waals surface area (Å²) in [6, 6.07) is 3.03. The zero-order valence-electron chi connectivity index (χ0n) is 20.0. The molecule has 190 valence electrons. The van der Waals surface area contributed by atoms with Gasteiger partial charge in [-0.2, -0.15) is 13.2 Å². The minimum Gasteiger partial charge on any atom is -0.383 e. The molecule has 0 spiro atoms. The van der Waals surface area contributed by atoms with Gasteiger partial charge in [-0.05, 0) is 62.8 Å². The second kappa shape index (κ2) is 9.55. The summed E-state index contributed by atoms with van der Waals surface area (Å²) in [6.07, 6.45) is 5.45. The van der Waals surface area contributed by atoms with Gasteiger partial charge in [-0.25, -0.2) is 19.3 Å². The van der Waals surface area contributed by atoms with E-state index in [2.05, 4.69) is 20.9 Å². The minimum atomic E-state index is -4.76. The predicted molar refractivity (Wildman–Crippen MR) is 131 cm³/mol. The number of imidazole rings is 1. The predicted octanol–water partition coefficient (Wildman–Crippen LogP) is 6.05. The number of halogens is 4. The Hall–Kier alpha value is -3.43. The number of piperidine rings is 1. The van der Waals surface area contributed by atoms with E-state index in [4.69, 9.17) is 10.7 Å². The van der Waals surface area contributed by atoms with E-state index in [1.54, 1.807) is 6.20 Å². The molecule has 0 amide bonds. The van der Waals surface area contributed by atoms with E-state index in [1.165, 1.54) is 18.0 Å². The monoisotopic (exact) mass is 500 g/mol. The van der Waals surface area contributed by atoms with E-state index >= 15 is 0 Å². The fourth-order valence-corrected chi connectivity index (χ4v) is 5.23. The van der Waals surface area contributed by atoms with Crippen LogP contribution in [-0.4, -0.2) is 32.6 Å². The fraction of sp³-hybridized carbons (Fsp3) is 0.423. The molecule has 1 aliphatic heterocycles. The molecule has 1 saturated heterocycles. The number of benzene rings is 1. The lowest BCUT2D eigenvalue weighted by atomic mass is 9.95. The second-order valence-corrected chi connectivity index (χ2v) is 9.30. The molecule has 6 nitrogen and oxygen atoms in total. The highest BCUT2D eigenvalue weighted by Gasteiger charge is 2.35. The molecule has 5 rings (SSSR count). The molecular formula is C26H28F4N6. The molecular weight excluding hydrogens is 472 g/mol. The van der Waals surface area contributed by atoms with Gasteiger partial charge in [0.2, 0.25) is 0 Å². The number of nitrogens with zero attached hydrogens (tertiary/aromatic N) is 5. The van der Waals surface area contributed by atoms with Crippen LogP contribution in [0.25, 0.3) is 16.8 Å². The highest BCUT2D eigenvalue weighted by Crippen LogP contribution is 2.39. The number of aryl methyl sites for hydroxylation is 1. The van der Waals surface area contributed by atoms with Crippen LogP contribution in [0, 0.1) is 5.82 Å². The van der Waals surface area contributed by atoms with Gasteiger partial charge in [0.1, 0.15) is 29.6 Å². The summed E-state index contributed by atoms with van der Waals surface area (Å²) >= 11 is 0. The van der Waals surface area contributed by atoms with Gasteiger partial charge in [0, 0.05) is 37.3 Å². The first-order valence-corrected chi connectivity index (χ1v) is 12.2. The molecule has 3 aromatic rings. The van der Waals surface area contributed by atoms with Crippen molar-refractivity contribution in [2.75, 3.05) is 23.7 Å². The zero-order chi connectivity index (χ0) is 25.4. The van der Waals surface area contributed by atoms with Crippen molar-refractivity contribution >= 4 is 17.2 Å². The number of anilines is 2. The summed E-state index contributed by atoms with van der Waals surface area (Å²) in [5.74, 6) is 1.06. The van der Waals surface area contributed by atoms with Crippen molar-refractivity contribution in [1.29, 1.82) is 0 Å². The van der Waals surface area contributed by atoms with Crippen molar-refractivity contribution in [1.82, 2.24) is 19.5 Å². The van der Waals surface area contributed by atoms with E-state index < -0.39 is 17.6 Å². The van der Waals surface area contributed by atoms with Gasteiger partial charge in [-0.1, -0.05) is 6.08 Å². The van der Waals surface area contributed by atoms with Crippen LogP contribution in [0.1, 0.15) is 61.9 Å². The lowest BCUT2D eigenvalue weighted by Crippen LogP contribution is -2.35. The van der Waals surface area contributed by atoms with Crippen molar-refractivity contribution in [3.8, 4) is 11.3 Å². The van der Waals surface area contributed by atoms with Gasteiger partial charge in [0.25, 0.3) is 0 Å². The highest BCUT2D eigenvalue weighted by atomic mass is 19.4. The van der Waals surface area contributed by atoms with Gasteiger partial charge in [-0.15, -0.1) is 0 Å². The number of aromatic nitrogens is 4. The highest BCUT2D eigenvalue weighted by molar-refractivity contribution is 5.82. The van der Waals surface area contributed by atoms with Crippen LogP contribution in [-0.2, 0) is 12.7 Å². The molecule has 2 aromatic heterocycles. The van der Waals surface area contributed by atoms with Crippen LogP contribution in [0.15, 0.2) is 36.8 Å². The summed E-state index contributed by atoms with van der Waals surface area (Å²) in [5, 5.41) is 0. The molecule has 2 N–H and O–H groups in total. The Balaban J connectivity index is 1.38. The van der Waals surface area contributed by atoms with Crippen molar-refractivity contribution < 1.29 is 17.6 Å². The summed E-state index contributed by atoms with van der Waals surface area (Å²) in [4.78, 5) is 15.7. The minimum absolute atomic E-state index is 0.144. The molecule has 36 heavy (non-hydrogen) atoms. The van der Waals surface area contributed by atoms with E-state index in [0.29, 0.717) is 18.1 Å². The van der Waals surface area contributed by atoms with Crippen LogP contribution in [0.3, 0.4) is 0 Å². The maximum Gasteiger partial charge on any atom is 0.419 e. The first kappa shape index (κ1) is 24.3. The second-order valence-electron chi connectivity index (χ2n) is 9.30. The van der Waals surface area contributed by atoms with Crippen LogP contribution in [0.4, 0.5) is 29.2 Å². The third-order valence-corrected chi connectivity index (χ3v) is 7.09. The van der Waals surface area contributed by atoms with Crippen molar-refractivity contribution in [3.05, 3.63) is 59.6 Å². The molecule has 0 unspecified atom stereocenters. The van der Waals surface area contributed by atoms with Crippen molar-refractivity contribution in [3.63, 3.8) is 0 Å². The number of rotatable bonds is 5. The van der Waals surface area contributed by atoms with Gasteiger partial charge in [0.05, 0.1) is 16.8 Å². The molecule has 1 fully saturated rings. The number of allylic oxidation sites excluding steroid dienone is 2. The third-order valence-electron chi connectivity index (χ3n) is 7.09. The topological polar surface area (TPSA) is 72.9 Å². The molecule has 0 radical (unpaired) electrons. The van der Waals surface area contributed by atoms with Crippen LogP contribution >= 0.6 is 0 Å². The van der Waals surface area contributed by atoms with Crippen molar-refractivity contribution in [2.24, 2.45) is 0 Å². The summed E-state index contributed by atoms with van der Waals surface area (Å²) < 4.78 is 55.4. The summed E-state index contributed by atoms with van der Waals surface area (Å²) in [6.45, 7) is 4.11. The van der Waals surface area contributed by atoms with Gasteiger partial charge >= 0.3 is 6.18 Å². The van der Waals surface area contributed by atoms with Gasteiger partial charge in [0.15, 0.2) is 0 Å². The number of hydrogen-bond acceptors (Lipinski definition) is 5. The van der Waals surface area contributed by atoms with Crippen LogP contribution < -0.4 is 10.6 Å². The smallest absolute Gasteiger partial charge is 0.383 e. The number of alkyl halides is 3. The standard InChI is InChI=1S/C26H28F4N6/c1-2-35-14-21(18-7-8-20(27)19(13-18)26(28,29)30)34-24(35)17-9-11-36(12-10-17)25-22(16-5-3-4-6-16)23(31)32-15-33-25/h5,7-8,13-15,17H,2-4,6,9-12H2,1H3,(H2,31,32,33). The average molecular weight is 501 g/mol. The lowest BCUT2D eigenvalue weighted by molar-refractivity contribution is -0.139. The van der Waals surface area contributed by atoms with E-state index in [1.807, 2.05) is 11.5 Å². The Morgan fingerprint density at radius 2 is 1.92 bits per heavy atom. The maximum absolute atomic E-state index is 13.8. The average Bonchev–Trinajstić information content (AvgIpc) is 3.54. The molecule has 10 heteroatoms. The van der Waals surface area contributed by atoms with Crippen LogP contribution in [0.2, 0.25) is 0 Å². The van der Waals surface area contributed by atoms with Gasteiger partial charge < -0.3 is 15.2 Å². The molecule has 2 aliphatic rings. The van der Waals surface area contributed by atoms with Crippen molar-refractivity contribution in [2.45, 2.75) is 57.7 Å². The largest absolute Gasteiger partial charge is 0.419 e. The zero-order valence-corrected chi connectivity index (χ0v) is 20.0. The molecule has 1 aliphatic carbocycles. The number of nitrogens with two attached hydrogens (primary N) is 1. The Morgan fingerprint density at radius 3 is 2.58 bits per heavy atom. The molecule has 0 atom stereocenters. The number of nitrogen functional groups attached to an aromatic ring is 1. The molecule has 0 saturated carbocycles. The van der Waals surface area contributed by atoms with Gasteiger partial charge in [-0.3, -0.25) is 0 Å². The van der Waals surface area contributed by atoms with E-state index in [0.717, 1.165) is 74.5 Å². The number of hydrogen-bond donors (Lipinski definition) is 1. The SMILES string of the molecule is CCn1cc(-c2ccc(F)c(C(F)(F)F)c2)nc1C1CCN(c2ncnc(N)c2C2=CCCC2)CC1. The molecule has 0 bridgehead atoms. The third kappa shape index (κ3) is 4.56. The van der Waals surface area contributed by atoms with Crippen LogP contribution in [0.5, 0.6) is 0 Å². The Labute approximate surface area is 206 Å². The fourth-order valence-electron chi connectivity index (χ4n) is 5.23. The Kier molecular flexibility index (Phi) is 6.44. The van der Waals surface area contributed by atoms with E-state index in [-0.39, 0.29) is 11.5 Å². The normalized spacial score (nSPS) is 17.0. The van der Waals surface area contributed by atoms with E-state index in [9.17, 15) is 17.6 Å². The molecule has 1 aromatic carbocycles. The molecule has 3 heterocycles. The first-order chi connectivity index (χ1) is 17.3. The summed E-state index contributed by atoms with van der Waals surface area (Å²) in [5.41, 5.74) is 7.77. The Bertz CT molecular complexity index is 1290.